The minimum Gasteiger partial charge on any atom is -0.493 e. The number of carbonyl (C=O) groups is 1. The lowest BCUT2D eigenvalue weighted by Crippen LogP contribution is -2.28. The van der Waals surface area contributed by atoms with E-state index in [0.29, 0.717) is 50.8 Å². The molecule has 1 heterocycles. The predicted molar refractivity (Wildman–Crippen MR) is 196 cm³/mol. The highest BCUT2D eigenvalue weighted by molar-refractivity contribution is 9.10. The Kier molecular flexibility index (Phi) is 10.8. The normalized spacial score (nSPS) is 14.4. The Morgan fingerprint density at radius 3 is 2.15 bits per heavy atom. The van der Waals surface area contributed by atoms with Gasteiger partial charge in [0.15, 0.2) is 28.2 Å². The van der Waals surface area contributed by atoms with E-state index in [1.54, 1.807) is 12.0 Å². The number of nitrogens with zero attached hydrogens (tertiary/aromatic N) is 2. The van der Waals surface area contributed by atoms with Crippen LogP contribution >= 0.6 is 27.7 Å². The lowest BCUT2D eigenvalue weighted by atomic mass is 10.1. The van der Waals surface area contributed by atoms with Gasteiger partial charge in [-0.1, -0.05) is 72.8 Å². The fourth-order valence-electron chi connectivity index (χ4n) is 5.00. The van der Waals surface area contributed by atoms with Crippen molar-refractivity contribution in [2.24, 2.45) is 4.99 Å². The lowest BCUT2D eigenvalue weighted by molar-refractivity contribution is -0.113. The average molecular weight is 722 g/mol. The first-order valence-corrected chi connectivity index (χ1v) is 17.0. The van der Waals surface area contributed by atoms with Gasteiger partial charge < -0.3 is 18.9 Å². The molecule has 242 valence electrons. The number of rotatable bonds is 12. The number of halogens is 1. The van der Waals surface area contributed by atoms with E-state index in [0.717, 1.165) is 28.1 Å². The number of para-hydroxylation sites is 2. The van der Waals surface area contributed by atoms with E-state index in [2.05, 4.69) is 15.9 Å². The molecule has 1 amide bonds. The van der Waals surface area contributed by atoms with Gasteiger partial charge >= 0.3 is 0 Å². The minimum atomic E-state index is -0.152. The molecule has 0 unspecified atom stereocenters. The molecule has 5 aromatic rings. The van der Waals surface area contributed by atoms with Crippen molar-refractivity contribution >= 4 is 56.2 Å². The number of carbonyl (C=O) groups excluding carboxylic acids is 1. The molecule has 9 heteroatoms. The molecular formula is C39H33BrN2O5S. The van der Waals surface area contributed by atoms with Crippen molar-refractivity contribution < 1.29 is 23.7 Å². The molecule has 6 rings (SSSR count). The van der Waals surface area contributed by atoms with Crippen LogP contribution < -0.4 is 23.8 Å². The molecule has 5 aromatic carbocycles. The summed E-state index contributed by atoms with van der Waals surface area (Å²) in [5.74, 6) is 2.24. The number of hydrogen-bond donors (Lipinski definition) is 0. The molecule has 0 bridgehead atoms. The second-order valence-corrected chi connectivity index (χ2v) is 12.5. The Labute approximate surface area is 293 Å². The van der Waals surface area contributed by atoms with E-state index >= 15 is 0 Å². The van der Waals surface area contributed by atoms with E-state index in [-0.39, 0.29) is 12.5 Å². The zero-order valence-corrected chi connectivity index (χ0v) is 28.9. The Bertz CT molecular complexity index is 1940. The van der Waals surface area contributed by atoms with Crippen LogP contribution in [0.3, 0.4) is 0 Å². The van der Waals surface area contributed by atoms with Crippen LogP contribution in [0.4, 0.5) is 11.4 Å². The van der Waals surface area contributed by atoms with E-state index in [9.17, 15) is 4.79 Å². The van der Waals surface area contributed by atoms with Gasteiger partial charge in [-0.25, -0.2) is 4.99 Å². The Balaban J connectivity index is 1.22. The van der Waals surface area contributed by atoms with Gasteiger partial charge in [0.05, 0.1) is 34.5 Å². The van der Waals surface area contributed by atoms with Gasteiger partial charge in [-0.15, -0.1) is 0 Å². The smallest absolute Gasteiger partial charge is 0.271 e. The van der Waals surface area contributed by atoms with Gasteiger partial charge in [-0.05, 0) is 106 Å². The van der Waals surface area contributed by atoms with Gasteiger partial charge in [-0.2, -0.15) is 0 Å². The van der Waals surface area contributed by atoms with Crippen molar-refractivity contribution in [1.29, 1.82) is 0 Å². The monoisotopic (exact) mass is 720 g/mol. The first-order chi connectivity index (χ1) is 23.5. The average Bonchev–Trinajstić information content (AvgIpc) is 3.41. The number of benzene rings is 5. The standard InChI is InChI=1S/C39H33BrN2O5S/c1-3-45-35-23-29(24-36-38(43)42(31-17-11-6-12-18-31)39(48-36)41-30-15-9-5-10-16-30)21-32(40)37(35)47-26-28-19-20-33(34(22-28)44-2)46-25-27-13-7-4-8-14-27/h4-24H,3,25-26H2,1-2H3/b36-24+,41-39?. The van der Waals surface area contributed by atoms with Gasteiger partial charge in [-0.3, -0.25) is 9.69 Å². The van der Waals surface area contributed by atoms with Crippen molar-refractivity contribution in [2.45, 2.75) is 20.1 Å². The summed E-state index contributed by atoms with van der Waals surface area (Å²) in [7, 11) is 1.62. The second kappa shape index (κ2) is 15.7. The quantitative estimate of drug-likeness (QED) is 0.120. The summed E-state index contributed by atoms with van der Waals surface area (Å²) in [6.45, 7) is 3.07. The highest BCUT2D eigenvalue weighted by Crippen LogP contribution is 2.41. The van der Waals surface area contributed by atoms with E-state index in [4.69, 9.17) is 23.9 Å². The lowest BCUT2D eigenvalue weighted by Gasteiger charge is -2.16. The number of amides is 1. The number of methoxy groups -OCH3 is 1. The van der Waals surface area contributed by atoms with Crippen LogP contribution in [-0.4, -0.2) is 24.8 Å². The van der Waals surface area contributed by atoms with E-state index in [1.807, 2.05) is 134 Å². The van der Waals surface area contributed by atoms with Crippen LogP contribution in [0.1, 0.15) is 23.6 Å². The Hall–Kier alpha value is -4.99. The predicted octanol–water partition coefficient (Wildman–Crippen LogP) is 9.82. The first-order valence-electron chi connectivity index (χ1n) is 15.4. The number of ether oxygens (including phenoxy) is 4. The SMILES string of the molecule is CCOc1cc(/C=C2/SC(=Nc3ccccc3)N(c3ccccc3)C2=O)cc(Br)c1OCc1ccc(OCc2ccccc2)c(OC)c1. The van der Waals surface area contributed by atoms with Gasteiger partial charge in [0, 0.05) is 0 Å². The molecule has 0 saturated carbocycles. The fourth-order valence-corrected chi connectivity index (χ4v) is 6.58. The van der Waals surface area contributed by atoms with Crippen LogP contribution in [-0.2, 0) is 18.0 Å². The van der Waals surface area contributed by atoms with Crippen LogP contribution in [0.5, 0.6) is 23.0 Å². The molecule has 1 saturated heterocycles. The third-order valence-electron chi connectivity index (χ3n) is 7.28. The number of anilines is 1. The molecule has 7 nitrogen and oxygen atoms in total. The van der Waals surface area contributed by atoms with Crippen molar-refractivity contribution in [3.63, 3.8) is 0 Å². The summed E-state index contributed by atoms with van der Waals surface area (Å²) in [5, 5.41) is 0.583. The molecule has 1 fully saturated rings. The van der Waals surface area contributed by atoms with Crippen LogP contribution in [0.15, 0.2) is 136 Å². The maximum absolute atomic E-state index is 13.8. The Morgan fingerprint density at radius 1 is 0.750 bits per heavy atom. The maximum atomic E-state index is 13.8. The molecule has 0 spiro atoms. The van der Waals surface area contributed by atoms with Crippen molar-refractivity contribution in [3.8, 4) is 23.0 Å². The zero-order valence-electron chi connectivity index (χ0n) is 26.5. The summed E-state index contributed by atoms with van der Waals surface area (Å²) >= 11 is 5.02. The molecular weight excluding hydrogens is 688 g/mol. The highest BCUT2D eigenvalue weighted by atomic mass is 79.9. The topological polar surface area (TPSA) is 69.6 Å². The summed E-state index contributed by atoms with van der Waals surface area (Å²) in [4.78, 5) is 20.8. The van der Waals surface area contributed by atoms with Gasteiger partial charge in [0.2, 0.25) is 0 Å². The molecule has 0 radical (unpaired) electrons. The van der Waals surface area contributed by atoms with Crippen molar-refractivity contribution in [1.82, 2.24) is 0 Å². The number of aliphatic imine (C=N–C) groups is 1. The van der Waals surface area contributed by atoms with Crippen LogP contribution in [0.25, 0.3) is 6.08 Å². The Morgan fingerprint density at radius 2 is 1.44 bits per heavy atom. The first kappa shape index (κ1) is 32.9. The highest BCUT2D eigenvalue weighted by Gasteiger charge is 2.34. The van der Waals surface area contributed by atoms with Crippen LogP contribution in [0.2, 0.25) is 0 Å². The summed E-state index contributed by atoms with van der Waals surface area (Å²) in [6.07, 6.45) is 1.85. The van der Waals surface area contributed by atoms with Crippen molar-refractivity contribution in [3.05, 3.63) is 147 Å². The van der Waals surface area contributed by atoms with Crippen LogP contribution in [0, 0.1) is 0 Å². The van der Waals surface area contributed by atoms with Gasteiger partial charge in [0.25, 0.3) is 5.91 Å². The molecule has 0 atom stereocenters. The summed E-state index contributed by atoms with van der Waals surface area (Å²) < 4.78 is 24.6. The van der Waals surface area contributed by atoms with Crippen molar-refractivity contribution in [2.75, 3.05) is 18.6 Å². The van der Waals surface area contributed by atoms with Gasteiger partial charge in [0.1, 0.15) is 13.2 Å². The number of thioether (sulfide) groups is 1. The number of amidine groups is 1. The number of hydrogen-bond acceptors (Lipinski definition) is 7. The van der Waals surface area contributed by atoms with E-state index < -0.39 is 0 Å². The summed E-state index contributed by atoms with van der Waals surface area (Å²) in [5.41, 5.74) is 4.28. The minimum absolute atomic E-state index is 0.152. The second-order valence-electron chi connectivity index (χ2n) is 10.6. The third-order valence-corrected chi connectivity index (χ3v) is 8.84. The zero-order chi connectivity index (χ0) is 33.3. The summed E-state index contributed by atoms with van der Waals surface area (Å²) in [6, 6.07) is 38.7. The largest absolute Gasteiger partial charge is 0.493 e. The molecule has 48 heavy (non-hydrogen) atoms. The fraction of sp³-hybridized carbons (Fsp3) is 0.128. The molecule has 0 N–H and O–H groups in total. The molecule has 1 aliphatic rings. The third kappa shape index (κ3) is 7.93. The molecule has 0 aliphatic carbocycles. The maximum Gasteiger partial charge on any atom is 0.271 e. The van der Waals surface area contributed by atoms with E-state index in [1.165, 1.54) is 11.8 Å². The molecule has 1 aliphatic heterocycles. The molecule has 0 aromatic heterocycles.